The minimum Gasteiger partial charge on any atom is -0.355 e. The molecule has 1 nitrogen and oxygen atoms in total. The molecule has 0 aromatic heterocycles. The van der Waals surface area contributed by atoms with E-state index in [1.807, 2.05) is 0 Å². The normalized spacial score (nSPS) is 14.2. The quantitative estimate of drug-likeness (QED) is 0.464. The van der Waals surface area contributed by atoms with Gasteiger partial charge in [-0.2, -0.15) is 0 Å². The maximum atomic E-state index is 3.64. The van der Waals surface area contributed by atoms with Crippen LogP contribution in [0.25, 0.3) is 16.7 Å². The van der Waals surface area contributed by atoms with E-state index in [0.717, 1.165) is 18.5 Å². The second-order valence-corrected chi connectivity index (χ2v) is 6.66. The van der Waals surface area contributed by atoms with Crippen molar-refractivity contribution in [3.63, 3.8) is 0 Å². The molecule has 5 rings (SSSR count). The number of allylic oxidation sites excluding steroid dienone is 4. The summed E-state index contributed by atoms with van der Waals surface area (Å²) in [6, 6.07) is 23.7. The predicted molar refractivity (Wildman–Crippen MR) is 106 cm³/mol. The van der Waals surface area contributed by atoms with Gasteiger partial charge in [-0.1, -0.05) is 66.8 Å². The molecule has 0 unspecified atom stereocenters. The van der Waals surface area contributed by atoms with Crippen molar-refractivity contribution in [2.45, 2.75) is 12.8 Å². The fourth-order valence-electron chi connectivity index (χ4n) is 3.99. The predicted octanol–water partition coefficient (Wildman–Crippen LogP) is 6.34. The van der Waals surface area contributed by atoms with Crippen LogP contribution in [0.2, 0.25) is 0 Å². The topological polar surface area (TPSA) is 12.0 Å². The lowest BCUT2D eigenvalue weighted by Gasteiger charge is -2.17. The highest BCUT2D eigenvalue weighted by Crippen LogP contribution is 2.44. The molecule has 0 saturated carbocycles. The van der Waals surface area contributed by atoms with Gasteiger partial charge in [-0.05, 0) is 58.9 Å². The van der Waals surface area contributed by atoms with E-state index in [0.29, 0.717) is 0 Å². The summed E-state index contributed by atoms with van der Waals surface area (Å²) in [4.78, 5) is 0. The number of rotatable bonds is 3. The van der Waals surface area contributed by atoms with Gasteiger partial charge in [-0.3, -0.25) is 0 Å². The van der Waals surface area contributed by atoms with Crippen LogP contribution in [0, 0.1) is 0 Å². The van der Waals surface area contributed by atoms with Gasteiger partial charge in [-0.15, -0.1) is 0 Å². The van der Waals surface area contributed by atoms with Crippen LogP contribution in [0.5, 0.6) is 0 Å². The third-order valence-corrected chi connectivity index (χ3v) is 5.13. The first-order valence-electron chi connectivity index (χ1n) is 8.82. The van der Waals surface area contributed by atoms with E-state index in [2.05, 4.69) is 90.3 Å². The van der Waals surface area contributed by atoms with Gasteiger partial charge in [0, 0.05) is 16.9 Å². The molecule has 0 spiro atoms. The molecule has 0 bridgehead atoms. The molecule has 0 radical (unpaired) electrons. The van der Waals surface area contributed by atoms with Gasteiger partial charge in [0.05, 0.1) is 0 Å². The number of hydrogen-bond donors (Lipinski definition) is 1. The van der Waals surface area contributed by atoms with Crippen LogP contribution in [0.3, 0.4) is 0 Å². The van der Waals surface area contributed by atoms with Gasteiger partial charge >= 0.3 is 0 Å². The lowest BCUT2D eigenvalue weighted by molar-refractivity contribution is 1.23. The number of hydrogen-bond acceptors (Lipinski definition) is 1. The van der Waals surface area contributed by atoms with E-state index < -0.39 is 0 Å². The summed E-state index contributed by atoms with van der Waals surface area (Å²) >= 11 is 0. The largest absolute Gasteiger partial charge is 0.355 e. The average molecular weight is 321 g/mol. The molecule has 0 heterocycles. The number of benzene rings is 3. The molecular formula is C24H19N. The Morgan fingerprint density at radius 1 is 0.760 bits per heavy atom. The van der Waals surface area contributed by atoms with Crippen molar-refractivity contribution in [3.8, 4) is 11.1 Å². The molecule has 120 valence electrons. The molecule has 0 amide bonds. The molecule has 2 aliphatic carbocycles. The first-order chi connectivity index (χ1) is 12.4. The third kappa shape index (κ3) is 2.40. The maximum Gasteiger partial charge on any atom is 0.0464 e. The van der Waals surface area contributed by atoms with Crippen LogP contribution in [-0.4, -0.2) is 0 Å². The van der Waals surface area contributed by atoms with E-state index in [4.69, 9.17) is 0 Å². The summed E-state index contributed by atoms with van der Waals surface area (Å²) in [5.74, 6) is 0. The summed E-state index contributed by atoms with van der Waals surface area (Å²) in [6.45, 7) is 0. The molecule has 25 heavy (non-hydrogen) atoms. The van der Waals surface area contributed by atoms with Crippen LogP contribution in [0.4, 0.5) is 11.4 Å². The van der Waals surface area contributed by atoms with Gasteiger partial charge < -0.3 is 5.32 Å². The summed E-state index contributed by atoms with van der Waals surface area (Å²) in [6.07, 6.45) is 8.69. The Kier molecular flexibility index (Phi) is 3.31. The maximum absolute atomic E-state index is 3.64. The van der Waals surface area contributed by atoms with Gasteiger partial charge in [-0.25, -0.2) is 0 Å². The van der Waals surface area contributed by atoms with Crippen molar-refractivity contribution in [1.82, 2.24) is 0 Å². The summed E-state index contributed by atoms with van der Waals surface area (Å²) in [7, 11) is 0. The first-order valence-corrected chi connectivity index (χ1v) is 8.82. The summed E-state index contributed by atoms with van der Waals surface area (Å²) in [5, 5.41) is 3.64. The van der Waals surface area contributed by atoms with E-state index in [-0.39, 0.29) is 0 Å². The molecule has 0 saturated heterocycles. The van der Waals surface area contributed by atoms with Gasteiger partial charge in [0.1, 0.15) is 0 Å². The molecule has 0 aliphatic heterocycles. The average Bonchev–Trinajstić information content (AvgIpc) is 3.30. The van der Waals surface area contributed by atoms with Crippen molar-refractivity contribution in [2.24, 2.45) is 0 Å². The Morgan fingerprint density at radius 2 is 1.60 bits per heavy atom. The number of nitrogens with one attached hydrogen (secondary N) is 1. The van der Waals surface area contributed by atoms with Crippen molar-refractivity contribution in [3.05, 3.63) is 102 Å². The van der Waals surface area contributed by atoms with Crippen LogP contribution in [-0.2, 0) is 6.42 Å². The summed E-state index contributed by atoms with van der Waals surface area (Å²) < 4.78 is 0. The second kappa shape index (κ2) is 5.78. The van der Waals surface area contributed by atoms with Gasteiger partial charge in [0.15, 0.2) is 0 Å². The lowest BCUT2D eigenvalue weighted by atomic mass is 9.93. The Morgan fingerprint density at radius 3 is 2.44 bits per heavy atom. The highest BCUT2D eigenvalue weighted by Gasteiger charge is 2.24. The van der Waals surface area contributed by atoms with E-state index >= 15 is 0 Å². The molecule has 3 aromatic rings. The van der Waals surface area contributed by atoms with Crippen LogP contribution < -0.4 is 5.32 Å². The Hall–Kier alpha value is -3.06. The third-order valence-electron chi connectivity index (χ3n) is 5.13. The van der Waals surface area contributed by atoms with Crippen LogP contribution in [0.15, 0.2) is 85.0 Å². The molecule has 2 aliphatic rings. The van der Waals surface area contributed by atoms with Crippen molar-refractivity contribution >= 4 is 16.9 Å². The summed E-state index contributed by atoms with van der Waals surface area (Å²) in [5.41, 5.74) is 10.8. The zero-order chi connectivity index (χ0) is 16.6. The Labute approximate surface area is 148 Å². The standard InChI is InChI=1S/C24H19N/c1-2-11-19(12-3-1)25-23-15-14-21-20-13-7-6-10-18(20)16-22(21)24(23)17-8-4-5-9-17/h1-8,10-15,25H,9,16H2. The van der Waals surface area contributed by atoms with E-state index in [1.165, 1.54) is 39.1 Å². The number of fused-ring (bicyclic) bond motifs is 3. The van der Waals surface area contributed by atoms with Crippen molar-refractivity contribution in [1.29, 1.82) is 0 Å². The Bertz CT molecular complexity index is 1010. The highest BCUT2D eigenvalue weighted by atomic mass is 14.9. The highest BCUT2D eigenvalue weighted by molar-refractivity contribution is 5.91. The minimum atomic E-state index is 1.01. The fraction of sp³-hybridized carbons (Fsp3) is 0.0833. The SMILES string of the molecule is C1=CCC(c2c(Nc3ccccc3)ccc3c2Cc2ccccc2-3)=C1. The monoisotopic (exact) mass is 321 g/mol. The van der Waals surface area contributed by atoms with Gasteiger partial charge in [0.25, 0.3) is 0 Å². The minimum absolute atomic E-state index is 1.01. The fourth-order valence-corrected chi connectivity index (χ4v) is 3.99. The Balaban J connectivity index is 1.67. The van der Waals surface area contributed by atoms with Crippen molar-refractivity contribution < 1.29 is 0 Å². The van der Waals surface area contributed by atoms with Crippen LogP contribution >= 0.6 is 0 Å². The van der Waals surface area contributed by atoms with E-state index in [9.17, 15) is 0 Å². The zero-order valence-corrected chi connectivity index (χ0v) is 14.0. The number of para-hydroxylation sites is 1. The molecule has 3 aromatic carbocycles. The molecule has 1 N–H and O–H groups in total. The smallest absolute Gasteiger partial charge is 0.0464 e. The molecule has 1 heteroatoms. The van der Waals surface area contributed by atoms with Gasteiger partial charge in [0.2, 0.25) is 0 Å². The molecule has 0 atom stereocenters. The molecule has 0 fully saturated rings. The van der Waals surface area contributed by atoms with Crippen molar-refractivity contribution in [2.75, 3.05) is 5.32 Å². The second-order valence-electron chi connectivity index (χ2n) is 6.66. The van der Waals surface area contributed by atoms with E-state index in [1.54, 1.807) is 0 Å². The number of anilines is 2. The lowest BCUT2D eigenvalue weighted by Crippen LogP contribution is -2.00. The molecular weight excluding hydrogens is 302 g/mol. The first kappa shape index (κ1) is 14.3. The zero-order valence-electron chi connectivity index (χ0n) is 14.0. The van der Waals surface area contributed by atoms with Crippen LogP contribution in [0.1, 0.15) is 23.1 Å².